The number of benzene rings is 1. The molecule has 1 unspecified atom stereocenters. The molecule has 6 nitrogen and oxygen atoms in total. The van der Waals surface area contributed by atoms with E-state index in [1.807, 2.05) is 26.0 Å². The van der Waals surface area contributed by atoms with Crippen LogP contribution in [0.1, 0.15) is 38.9 Å². The quantitative estimate of drug-likeness (QED) is 0.518. The molecule has 0 bridgehead atoms. The molecule has 4 heterocycles. The van der Waals surface area contributed by atoms with Gasteiger partial charge in [-0.25, -0.2) is 4.98 Å². The zero-order valence-corrected chi connectivity index (χ0v) is 16.0. The minimum Gasteiger partial charge on any atom is -0.450 e. The monoisotopic (exact) mass is 389 g/mol. The van der Waals surface area contributed by atoms with Crippen molar-refractivity contribution in [2.24, 2.45) is 0 Å². The van der Waals surface area contributed by atoms with Crippen molar-refractivity contribution in [1.29, 1.82) is 0 Å². The number of thiazole rings is 1. The summed E-state index contributed by atoms with van der Waals surface area (Å²) in [6.45, 7) is 3.90. The van der Waals surface area contributed by atoms with Crippen LogP contribution in [0, 0.1) is 13.8 Å². The van der Waals surface area contributed by atoms with Gasteiger partial charge in [-0.2, -0.15) is 0 Å². The van der Waals surface area contributed by atoms with Crippen molar-refractivity contribution in [2.45, 2.75) is 19.9 Å². The Bertz CT molecular complexity index is 1280. The number of anilines is 1. The second-order valence-electron chi connectivity index (χ2n) is 6.78. The molecule has 28 heavy (non-hydrogen) atoms. The predicted molar refractivity (Wildman–Crippen MR) is 107 cm³/mol. The average Bonchev–Trinajstić information content (AvgIpc) is 3.31. The van der Waals surface area contributed by atoms with Crippen LogP contribution in [0.2, 0.25) is 0 Å². The topological polar surface area (TPSA) is 76.3 Å². The van der Waals surface area contributed by atoms with Gasteiger partial charge in [0.15, 0.2) is 10.6 Å². The molecule has 0 fully saturated rings. The summed E-state index contributed by atoms with van der Waals surface area (Å²) in [5.74, 6) is -0.276. The van der Waals surface area contributed by atoms with Gasteiger partial charge in [0.25, 0.3) is 5.91 Å². The number of hydrogen-bond acceptors (Lipinski definition) is 6. The van der Waals surface area contributed by atoms with Gasteiger partial charge in [0.1, 0.15) is 5.58 Å². The third-order valence-corrected chi connectivity index (χ3v) is 5.90. The van der Waals surface area contributed by atoms with E-state index in [-0.39, 0.29) is 17.1 Å². The van der Waals surface area contributed by atoms with Gasteiger partial charge in [0.2, 0.25) is 5.76 Å². The third kappa shape index (κ3) is 2.33. The van der Waals surface area contributed by atoms with Gasteiger partial charge in [0.05, 0.1) is 17.0 Å². The zero-order valence-electron chi connectivity index (χ0n) is 15.2. The van der Waals surface area contributed by atoms with E-state index in [1.165, 1.54) is 16.2 Å². The highest BCUT2D eigenvalue weighted by atomic mass is 32.1. The molecule has 0 N–H and O–H groups in total. The van der Waals surface area contributed by atoms with Crippen LogP contribution in [-0.2, 0) is 0 Å². The fraction of sp³-hybridized carbons (Fsp3) is 0.143. The van der Waals surface area contributed by atoms with E-state index in [0.717, 1.165) is 16.7 Å². The maximum atomic E-state index is 13.5. The molecule has 1 aliphatic rings. The van der Waals surface area contributed by atoms with Crippen LogP contribution < -0.4 is 10.3 Å². The number of aryl methyl sites for hydroxylation is 2. The molecule has 1 aromatic carbocycles. The molecular formula is C21H15N3O3S. The van der Waals surface area contributed by atoms with E-state index in [4.69, 9.17) is 4.42 Å². The molecule has 1 aliphatic heterocycles. The molecule has 7 heteroatoms. The van der Waals surface area contributed by atoms with Gasteiger partial charge in [0, 0.05) is 24.0 Å². The first-order valence-electron chi connectivity index (χ1n) is 8.77. The Hall–Kier alpha value is -3.32. The summed E-state index contributed by atoms with van der Waals surface area (Å²) in [5.41, 5.74) is 3.38. The number of hydrogen-bond donors (Lipinski definition) is 0. The van der Waals surface area contributed by atoms with Crippen LogP contribution in [-0.4, -0.2) is 15.9 Å². The first-order valence-corrected chi connectivity index (χ1v) is 9.65. The Balaban J connectivity index is 1.85. The summed E-state index contributed by atoms with van der Waals surface area (Å²) in [6, 6.07) is 6.65. The fourth-order valence-corrected chi connectivity index (χ4v) is 4.29. The molecule has 1 atom stereocenters. The van der Waals surface area contributed by atoms with Crippen LogP contribution in [0.4, 0.5) is 5.13 Å². The molecule has 1 amide bonds. The summed E-state index contributed by atoms with van der Waals surface area (Å²) >= 11 is 1.34. The van der Waals surface area contributed by atoms with Crippen molar-refractivity contribution in [3.05, 3.63) is 86.5 Å². The lowest BCUT2D eigenvalue weighted by Crippen LogP contribution is -2.29. The van der Waals surface area contributed by atoms with Gasteiger partial charge < -0.3 is 4.42 Å². The number of amides is 1. The van der Waals surface area contributed by atoms with Gasteiger partial charge in [-0.05, 0) is 54.8 Å². The maximum Gasteiger partial charge on any atom is 0.297 e. The fourth-order valence-electron chi connectivity index (χ4n) is 3.62. The van der Waals surface area contributed by atoms with Gasteiger partial charge >= 0.3 is 0 Å². The Morgan fingerprint density at radius 2 is 1.82 bits per heavy atom. The molecule has 0 spiro atoms. The lowest BCUT2D eigenvalue weighted by atomic mass is 9.98. The summed E-state index contributed by atoms with van der Waals surface area (Å²) in [4.78, 5) is 36.6. The number of carbonyl (C=O) groups is 1. The van der Waals surface area contributed by atoms with Gasteiger partial charge in [-0.15, -0.1) is 11.3 Å². The van der Waals surface area contributed by atoms with Crippen LogP contribution in [0.3, 0.4) is 0 Å². The molecule has 5 rings (SSSR count). The summed E-state index contributed by atoms with van der Waals surface area (Å²) in [6.07, 6.45) is 4.93. The second kappa shape index (κ2) is 6.10. The largest absolute Gasteiger partial charge is 0.450 e. The summed E-state index contributed by atoms with van der Waals surface area (Å²) < 4.78 is 5.98. The number of nitrogens with zero attached hydrogens (tertiary/aromatic N) is 3. The first kappa shape index (κ1) is 16.8. The minimum absolute atomic E-state index is 0.0813. The highest BCUT2D eigenvalue weighted by Gasteiger charge is 2.44. The predicted octanol–water partition coefficient (Wildman–Crippen LogP) is 4.01. The Labute approximate surface area is 164 Å². The van der Waals surface area contributed by atoms with E-state index >= 15 is 0 Å². The Kier molecular flexibility index (Phi) is 3.67. The normalized spacial score (nSPS) is 16.0. The van der Waals surface area contributed by atoms with Crippen molar-refractivity contribution in [3.8, 4) is 0 Å². The maximum absolute atomic E-state index is 13.5. The highest BCUT2D eigenvalue weighted by Crippen LogP contribution is 2.41. The lowest BCUT2D eigenvalue weighted by molar-refractivity contribution is 0.0971. The van der Waals surface area contributed by atoms with E-state index in [0.29, 0.717) is 21.7 Å². The molecule has 4 aromatic rings. The number of aromatic nitrogens is 2. The lowest BCUT2D eigenvalue weighted by Gasteiger charge is -2.22. The Morgan fingerprint density at radius 3 is 2.54 bits per heavy atom. The van der Waals surface area contributed by atoms with Crippen LogP contribution in [0.25, 0.3) is 11.0 Å². The molecular weight excluding hydrogens is 374 g/mol. The molecule has 0 saturated carbocycles. The number of pyridine rings is 1. The number of rotatable bonds is 2. The van der Waals surface area contributed by atoms with E-state index < -0.39 is 6.04 Å². The van der Waals surface area contributed by atoms with Crippen molar-refractivity contribution in [3.63, 3.8) is 0 Å². The molecule has 0 saturated heterocycles. The van der Waals surface area contributed by atoms with Crippen molar-refractivity contribution in [2.75, 3.05) is 4.90 Å². The van der Waals surface area contributed by atoms with Crippen molar-refractivity contribution >= 4 is 33.3 Å². The van der Waals surface area contributed by atoms with E-state index in [2.05, 4.69) is 9.97 Å². The van der Waals surface area contributed by atoms with E-state index in [9.17, 15) is 9.59 Å². The average molecular weight is 389 g/mol. The second-order valence-corrected chi connectivity index (χ2v) is 7.65. The minimum atomic E-state index is -0.598. The number of fused-ring (bicyclic) bond motifs is 2. The van der Waals surface area contributed by atoms with Gasteiger partial charge in [-0.1, -0.05) is 0 Å². The van der Waals surface area contributed by atoms with E-state index in [1.54, 1.807) is 36.1 Å². The SMILES string of the molecule is Cc1cc2oc3c(c(=O)c2cc1C)C(c1ccncc1)N(c1nccs1)C3=O. The molecule has 3 aromatic heterocycles. The standard InChI is InChI=1S/C21H15N3O3S/c1-11-9-14-15(10-12(11)2)27-19-16(18(14)25)17(13-3-5-22-6-4-13)24(20(19)26)21-23-7-8-28-21/h3-10,17H,1-2H3. The third-order valence-electron chi connectivity index (χ3n) is 5.13. The van der Waals surface area contributed by atoms with Crippen molar-refractivity contribution < 1.29 is 9.21 Å². The van der Waals surface area contributed by atoms with Gasteiger partial charge in [-0.3, -0.25) is 19.5 Å². The summed E-state index contributed by atoms with van der Waals surface area (Å²) in [7, 11) is 0. The highest BCUT2D eigenvalue weighted by molar-refractivity contribution is 7.13. The summed E-state index contributed by atoms with van der Waals surface area (Å²) in [5, 5.41) is 2.80. The van der Waals surface area contributed by atoms with Crippen LogP contribution in [0.15, 0.2) is 57.4 Å². The number of carbonyl (C=O) groups excluding carboxylic acids is 1. The van der Waals surface area contributed by atoms with Crippen LogP contribution in [0.5, 0.6) is 0 Å². The smallest absolute Gasteiger partial charge is 0.297 e. The molecule has 0 aliphatic carbocycles. The van der Waals surface area contributed by atoms with Crippen LogP contribution >= 0.6 is 11.3 Å². The molecule has 0 radical (unpaired) electrons. The zero-order chi connectivity index (χ0) is 19.4. The first-order chi connectivity index (χ1) is 13.6. The Morgan fingerprint density at radius 1 is 1.07 bits per heavy atom. The van der Waals surface area contributed by atoms with Crippen molar-refractivity contribution in [1.82, 2.24) is 9.97 Å². The molecule has 138 valence electrons.